The van der Waals surface area contributed by atoms with Gasteiger partial charge in [0.25, 0.3) is 5.56 Å². The van der Waals surface area contributed by atoms with Gasteiger partial charge in [0.1, 0.15) is 0 Å². The molecule has 0 fully saturated rings. The molecule has 0 bridgehead atoms. The van der Waals surface area contributed by atoms with E-state index >= 15 is 0 Å². The van der Waals surface area contributed by atoms with E-state index in [9.17, 15) is 4.79 Å². The molecule has 0 amide bonds. The lowest BCUT2D eigenvalue weighted by Gasteiger charge is -2.09. The van der Waals surface area contributed by atoms with Crippen LogP contribution in [0.15, 0.2) is 50.3 Å². The quantitative estimate of drug-likeness (QED) is 0.828. The zero-order valence-electron chi connectivity index (χ0n) is 9.87. The molecule has 100 valence electrons. The number of nitrogens with one attached hydrogen (secondary N) is 1. The van der Waals surface area contributed by atoms with Crippen molar-refractivity contribution in [2.24, 2.45) is 0 Å². The lowest BCUT2D eigenvalue weighted by atomic mass is 10.3. The van der Waals surface area contributed by atoms with E-state index in [1.54, 1.807) is 16.8 Å². The summed E-state index contributed by atoms with van der Waals surface area (Å²) in [5.41, 5.74) is 0.938. The van der Waals surface area contributed by atoms with E-state index < -0.39 is 0 Å². The molecule has 0 radical (unpaired) electrons. The SMILES string of the molecule is O=c1c(Br)cc(Br)cn1CCNc1ccc(Cl)cc1. The van der Waals surface area contributed by atoms with Crippen LogP contribution in [0.25, 0.3) is 0 Å². The number of hydrogen-bond donors (Lipinski definition) is 1. The van der Waals surface area contributed by atoms with E-state index in [4.69, 9.17) is 11.6 Å². The number of pyridine rings is 1. The molecular formula is C13H11Br2ClN2O. The van der Waals surface area contributed by atoms with Crippen molar-refractivity contribution in [1.82, 2.24) is 4.57 Å². The van der Waals surface area contributed by atoms with E-state index in [1.807, 2.05) is 24.3 Å². The second-order valence-corrected chi connectivity index (χ2v) is 6.14. The molecule has 6 heteroatoms. The Hall–Kier alpha value is -0.780. The summed E-state index contributed by atoms with van der Waals surface area (Å²) in [5, 5.41) is 3.94. The molecule has 0 unspecified atom stereocenters. The summed E-state index contributed by atoms with van der Waals surface area (Å²) in [6, 6.07) is 9.20. The zero-order chi connectivity index (χ0) is 13.8. The first-order chi connectivity index (χ1) is 9.06. The van der Waals surface area contributed by atoms with Crippen molar-refractivity contribution in [3.63, 3.8) is 0 Å². The molecule has 0 atom stereocenters. The van der Waals surface area contributed by atoms with Crippen molar-refractivity contribution >= 4 is 49.1 Å². The van der Waals surface area contributed by atoms with Crippen LogP contribution in [0.1, 0.15) is 0 Å². The molecule has 1 aromatic heterocycles. The van der Waals surface area contributed by atoms with Gasteiger partial charge < -0.3 is 9.88 Å². The minimum Gasteiger partial charge on any atom is -0.383 e. The Bertz CT molecular complexity index is 626. The van der Waals surface area contributed by atoms with Gasteiger partial charge in [-0.3, -0.25) is 4.79 Å². The minimum absolute atomic E-state index is 0.0406. The van der Waals surface area contributed by atoms with Gasteiger partial charge in [-0.05, 0) is 62.2 Å². The molecule has 0 aliphatic rings. The molecule has 2 rings (SSSR count). The maximum atomic E-state index is 11.9. The van der Waals surface area contributed by atoms with Gasteiger partial charge in [0.05, 0.1) is 4.47 Å². The molecule has 0 aliphatic carbocycles. The van der Waals surface area contributed by atoms with Crippen LogP contribution >= 0.6 is 43.5 Å². The van der Waals surface area contributed by atoms with E-state index in [0.29, 0.717) is 22.6 Å². The number of aromatic nitrogens is 1. The first kappa shape index (κ1) is 14.6. The van der Waals surface area contributed by atoms with Crippen molar-refractivity contribution in [2.45, 2.75) is 6.54 Å². The minimum atomic E-state index is -0.0406. The Balaban J connectivity index is 2.00. The fourth-order valence-corrected chi connectivity index (χ4v) is 3.00. The van der Waals surface area contributed by atoms with Gasteiger partial charge in [-0.1, -0.05) is 11.6 Å². The second-order valence-electron chi connectivity index (χ2n) is 3.94. The summed E-state index contributed by atoms with van der Waals surface area (Å²) in [6.45, 7) is 1.24. The maximum absolute atomic E-state index is 11.9. The van der Waals surface area contributed by atoms with Gasteiger partial charge in [0, 0.05) is 34.5 Å². The van der Waals surface area contributed by atoms with E-state index in [0.717, 1.165) is 10.2 Å². The third-order valence-electron chi connectivity index (χ3n) is 2.54. The van der Waals surface area contributed by atoms with Crippen LogP contribution in [0.2, 0.25) is 5.02 Å². The summed E-state index contributed by atoms with van der Waals surface area (Å²) in [7, 11) is 0. The molecule has 1 heterocycles. The first-order valence-corrected chi connectivity index (χ1v) is 7.57. The van der Waals surface area contributed by atoms with E-state index in [-0.39, 0.29) is 5.56 Å². The summed E-state index contributed by atoms with van der Waals surface area (Å²) >= 11 is 12.4. The normalized spacial score (nSPS) is 10.5. The highest BCUT2D eigenvalue weighted by Gasteiger charge is 2.02. The lowest BCUT2D eigenvalue weighted by molar-refractivity contribution is 0.692. The molecular weight excluding hydrogens is 395 g/mol. The van der Waals surface area contributed by atoms with Crippen LogP contribution < -0.4 is 10.9 Å². The van der Waals surface area contributed by atoms with Gasteiger partial charge in [-0.2, -0.15) is 0 Å². The Morgan fingerprint density at radius 2 is 1.89 bits per heavy atom. The summed E-state index contributed by atoms with van der Waals surface area (Å²) in [6.07, 6.45) is 1.77. The van der Waals surface area contributed by atoms with Crippen molar-refractivity contribution < 1.29 is 0 Å². The molecule has 0 saturated carbocycles. The van der Waals surface area contributed by atoms with Crippen LogP contribution in [0.4, 0.5) is 5.69 Å². The van der Waals surface area contributed by atoms with Crippen LogP contribution in [0.3, 0.4) is 0 Å². The Labute approximate surface area is 132 Å². The number of hydrogen-bond acceptors (Lipinski definition) is 2. The van der Waals surface area contributed by atoms with Crippen molar-refractivity contribution in [3.05, 3.63) is 60.9 Å². The summed E-state index contributed by atoms with van der Waals surface area (Å²) in [4.78, 5) is 11.9. The molecule has 2 aromatic rings. The fourth-order valence-electron chi connectivity index (χ4n) is 1.62. The molecule has 0 spiro atoms. The average molecular weight is 407 g/mol. The third-order valence-corrected chi connectivity index (χ3v) is 3.79. The Kier molecular flexibility index (Phi) is 5.07. The standard InChI is InChI=1S/C13H11Br2ClN2O/c14-9-7-12(15)13(19)18(8-9)6-5-17-11-3-1-10(16)2-4-11/h1-4,7-8,17H,5-6H2. The number of anilines is 1. The zero-order valence-corrected chi connectivity index (χ0v) is 13.8. The number of nitrogens with zero attached hydrogens (tertiary/aromatic N) is 1. The maximum Gasteiger partial charge on any atom is 0.264 e. The molecule has 19 heavy (non-hydrogen) atoms. The largest absolute Gasteiger partial charge is 0.383 e. The van der Waals surface area contributed by atoms with Gasteiger partial charge in [-0.15, -0.1) is 0 Å². The van der Waals surface area contributed by atoms with Crippen molar-refractivity contribution in [2.75, 3.05) is 11.9 Å². The number of benzene rings is 1. The predicted molar refractivity (Wildman–Crippen MR) is 86.0 cm³/mol. The van der Waals surface area contributed by atoms with Crippen molar-refractivity contribution in [1.29, 1.82) is 0 Å². The Morgan fingerprint density at radius 3 is 2.58 bits per heavy atom. The number of rotatable bonds is 4. The fraction of sp³-hybridized carbons (Fsp3) is 0.154. The van der Waals surface area contributed by atoms with Crippen LogP contribution in [0, 0.1) is 0 Å². The summed E-state index contributed by atoms with van der Waals surface area (Å²) < 4.78 is 3.07. The first-order valence-electron chi connectivity index (χ1n) is 5.61. The predicted octanol–water partition coefficient (Wildman–Crippen LogP) is 4.14. The highest BCUT2D eigenvalue weighted by atomic mass is 79.9. The van der Waals surface area contributed by atoms with Gasteiger partial charge >= 0.3 is 0 Å². The Morgan fingerprint density at radius 1 is 1.21 bits per heavy atom. The van der Waals surface area contributed by atoms with Gasteiger partial charge in [0.2, 0.25) is 0 Å². The van der Waals surface area contributed by atoms with Crippen LogP contribution in [-0.2, 0) is 6.54 Å². The van der Waals surface area contributed by atoms with E-state index in [2.05, 4.69) is 37.2 Å². The average Bonchev–Trinajstić information content (AvgIpc) is 2.37. The highest BCUT2D eigenvalue weighted by molar-refractivity contribution is 9.11. The lowest BCUT2D eigenvalue weighted by Crippen LogP contribution is -2.23. The molecule has 0 aliphatic heterocycles. The number of halogens is 3. The van der Waals surface area contributed by atoms with Crippen LogP contribution in [-0.4, -0.2) is 11.1 Å². The highest BCUT2D eigenvalue weighted by Crippen LogP contribution is 2.14. The summed E-state index contributed by atoms with van der Waals surface area (Å²) in [5.74, 6) is 0. The topological polar surface area (TPSA) is 34.0 Å². The second kappa shape index (κ2) is 6.59. The van der Waals surface area contributed by atoms with Crippen LogP contribution in [0.5, 0.6) is 0 Å². The van der Waals surface area contributed by atoms with Gasteiger partial charge in [-0.25, -0.2) is 0 Å². The monoisotopic (exact) mass is 404 g/mol. The smallest absolute Gasteiger partial charge is 0.264 e. The third kappa shape index (κ3) is 4.09. The molecule has 1 aromatic carbocycles. The molecule has 1 N–H and O–H groups in total. The van der Waals surface area contributed by atoms with Crippen molar-refractivity contribution in [3.8, 4) is 0 Å². The molecule has 3 nitrogen and oxygen atoms in total. The van der Waals surface area contributed by atoms with Gasteiger partial charge in [0.15, 0.2) is 0 Å². The molecule has 0 saturated heterocycles. The van der Waals surface area contributed by atoms with E-state index in [1.165, 1.54) is 0 Å².